The van der Waals surface area contributed by atoms with E-state index >= 15 is 0 Å². The molecule has 0 heterocycles. The fraction of sp³-hybridized carbons (Fsp3) is 0.538. The molecule has 0 saturated carbocycles. The molecule has 2 N–H and O–H groups in total. The van der Waals surface area contributed by atoms with Crippen molar-refractivity contribution in [1.29, 1.82) is 0 Å². The highest BCUT2D eigenvalue weighted by Crippen LogP contribution is 2.37. The second-order valence-corrected chi connectivity index (χ2v) is 4.04. The average molecular weight is 239 g/mol. The van der Waals surface area contributed by atoms with Gasteiger partial charge in [-0.15, -0.1) is 0 Å². The fourth-order valence-corrected chi connectivity index (χ4v) is 2.16. The Bertz CT molecular complexity index is 391. The molecule has 1 atom stereocenters. The van der Waals surface area contributed by atoms with Crippen LogP contribution in [0.1, 0.15) is 22.8 Å². The standard InChI is InChI=1S/C13H21NO3/c1-8-6-11(16-4)13(17-5)9(2)12(8)10(15)7-14-3/h6,10,14-15H,7H2,1-5H3. The first kappa shape index (κ1) is 13.8. The van der Waals surface area contributed by atoms with Crippen molar-refractivity contribution in [2.45, 2.75) is 20.0 Å². The molecular weight excluding hydrogens is 218 g/mol. The van der Waals surface area contributed by atoms with Gasteiger partial charge in [-0.2, -0.15) is 0 Å². The molecule has 0 saturated heterocycles. The molecule has 0 aliphatic rings. The highest BCUT2D eigenvalue weighted by Gasteiger charge is 2.19. The van der Waals surface area contributed by atoms with E-state index in [4.69, 9.17) is 9.47 Å². The van der Waals surface area contributed by atoms with E-state index in [-0.39, 0.29) is 0 Å². The molecule has 0 fully saturated rings. The predicted octanol–water partition coefficient (Wildman–Crippen LogP) is 1.57. The third-order valence-electron chi connectivity index (χ3n) is 2.90. The molecular formula is C13H21NO3. The van der Waals surface area contributed by atoms with Gasteiger partial charge in [-0.3, -0.25) is 0 Å². The zero-order chi connectivity index (χ0) is 13.0. The summed E-state index contributed by atoms with van der Waals surface area (Å²) in [5.74, 6) is 1.38. The number of aliphatic hydroxyl groups is 1. The quantitative estimate of drug-likeness (QED) is 0.819. The van der Waals surface area contributed by atoms with Crippen LogP contribution in [0.2, 0.25) is 0 Å². The van der Waals surface area contributed by atoms with Gasteiger partial charge >= 0.3 is 0 Å². The van der Waals surface area contributed by atoms with Crippen LogP contribution in [0, 0.1) is 13.8 Å². The Kier molecular flexibility index (Phi) is 4.78. The molecule has 0 spiro atoms. The molecule has 1 aromatic rings. The largest absolute Gasteiger partial charge is 0.493 e. The summed E-state index contributed by atoms with van der Waals surface area (Å²) < 4.78 is 10.6. The van der Waals surface area contributed by atoms with Gasteiger partial charge in [-0.1, -0.05) is 0 Å². The minimum absolute atomic E-state index is 0.511. The number of likely N-dealkylation sites (N-methyl/N-ethyl adjacent to an activating group) is 1. The molecule has 0 amide bonds. The molecule has 4 heteroatoms. The van der Waals surface area contributed by atoms with E-state index in [0.717, 1.165) is 16.7 Å². The van der Waals surface area contributed by atoms with Gasteiger partial charge in [0.1, 0.15) is 0 Å². The van der Waals surface area contributed by atoms with Crippen molar-refractivity contribution >= 4 is 0 Å². The first-order valence-corrected chi connectivity index (χ1v) is 5.61. The number of aryl methyl sites for hydroxylation is 1. The van der Waals surface area contributed by atoms with Crippen molar-refractivity contribution in [1.82, 2.24) is 5.32 Å². The minimum Gasteiger partial charge on any atom is -0.493 e. The van der Waals surface area contributed by atoms with Crippen LogP contribution in [0.4, 0.5) is 0 Å². The van der Waals surface area contributed by atoms with Crippen molar-refractivity contribution < 1.29 is 14.6 Å². The van der Waals surface area contributed by atoms with Crippen LogP contribution in [-0.4, -0.2) is 32.9 Å². The summed E-state index contributed by atoms with van der Waals surface area (Å²) in [6, 6.07) is 1.89. The third kappa shape index (κ3) is 2.70. The normalized spacial score (nSPS) is 12.4. The monoisotopic (exact) mass is 239 g/mol. The van der Waals surface area contributed by atoms with Crippen LogP contribution >= 0.6 is 0 Å². The number of aliphatic hydroxyl groups excluding tert-OH is 1. The first-order valence-electron chi connectivity index (χ1n) is 5.61. The van der Waals surface area contributed by atoms with Gasteiger partial charge in [-0.25, -0.2) is 0 Å². The Labute approximate surface area is 103 Å². The molecule has 0 aliphatic heterocycles. The number of ether oxygens (including phenoxy) is 2. The molecule has 17 heavy (non-hydrogen) atoms. The molecule has 1 rings (SSSR count). The van der Waals surface area contributed by atoms with Gasteiger partial charge < -0.3 is 19.9 Å². The van der Waals surface area contributed by atoms with Crippen LogP contribution in [-0.2, 0) is 0 Å². The topological polar surface area (TPSA) is 50.7 Å². The maximum atomic E-state index is 10.1. The van der Waals surface area contributed by atoms with Crippen molar-refractivity contribution in [2.24, 2.45) is 0 Å². The molecule has 0 aliphatic carbocycles. The van der Waals surface area contributed by atoms with Crippen molar-refractivity contribution in [2.75, 3.05) is 27.8 Å². The predicted molar refractivity (Wildman–Crippen MR) is 67.9 cm³/mol. The van der Waals surface area contributed by atoms with E-state index in [1.165, 1.54) is 0 Å². The summed E-state index contributed by atoms with van der Waals surface area (Å²) in [4.78, 5) is 0. The Balaban J connectivity index is 3.31. The van der Waals surface area contributed by atoms with Gasteiger partial charge in [0.05, 0.1) is 20.3 Å². The maximum Gasteiger partial charge on any atom is 0.164 e. The number of rotatable bonds is 5. The van der Waals surface area contributed by atoms with Crippen molar-refractivity contribution in [3.63, 3.8) is 0 Å². The summed E-state index contributed by atoms with van der Waals surface area (Å²) >= 11 is 0. The van der Waals surface area contributed by atoms with E-state index in [9.17, 15) is 5.11 Å². The Morgan fingerprint density at radius 1 is 1.29 bits per heavy atom. The lowest BCUT2D eigenvalue weighted by molar-refractivity contribution is 0.175. The van der Waals surface area contributed by atoms with Gasteiger partial charge in [0.15, 0.2) is 11.5 Å². The Morgan fingerprint density at radius 3 is 2.41 bits per heavy atom. The molecule has 0 aromatic heterocycles. The Morgan fingerprint density at radius 2 is 1.94 bits per heavy atom. The first-order chi connectivity index (χ1) is 8.06. The summed E-state index contributed by atoms with van der Waals surface area (Å²) in [6.45, 7) is 4.41. The molecule has 1 aromatic carbocycles. The van der Waals surface area contributed by atoms with Crippen molar-refractivity contribution in [3.8, 4) is 11.5 Å². The van der Waals surface area contributed by atoms with Gasteiger partial charge in [0.2, 0.25) is 0 Å². The maximum absolute atomic E-state index is 10.1. The lowest BCUT2D eigenvalue weighted by atomic mass is 9.96. The average Bonchev–Trinajstić information content (AvgIpc) is 2.28. The highest BCUT2D eigenvalue weighted by atomic mass is 16.5. The van der Waals surface area contributed by atoms with E-state index in [1.807, 2.05) is 27.0 Å². The molecule has 0 bridgehead atoms. The van der Waals surface area contributed by atoms with Gasteiger partial charge in [0, 0.05) is 12.1 Å². The van der Waals surface area contributed by atoms with E-state index in [1.54, 1.807) is 14.2 Å². The van der Waals surface area contributed by atoms with Crippen LogP contribution < -0.4 is 14.8 Å². The lowest BCUT2D eigenvalue weighted by Crippen LogP contribution is -2.18. The minimum atomic E-state index is -0.542. The second-order valence-electron chi connectivity index (χ2n) is 4.04. The summed E-state index contributed by atoms with van der Waals surface area (Å²) in [7, 11) is 5.03. The van der Waals surface area contributed by atoms with E-state index in [0.29, 0.717) is 18.0 Å². The summed E-state index contributed by atoms with van der Waals surface area (Å²) in [6.07, 6.45) is -0.542. The summed E-state index contributed by atoms with van der Waals surface area (Å²) in [5, 5.41) is 13.1. The zero-order valence-corrected chi connectivity index (χ0v) is 11.1. The smallest absolute Gasteiger partial charge is 0.164 e. The SMILES string of the molecule is CNCC(O)c1c(C)cc(OC)c(OC)c1C. The Hall–Kier alpha value is -1.26. The summed E-state index contributed by atoms with van der Waals surface area (Å²) in [5.41, 5.74) is 2.83. The van der Waals surface area contributed by atoms with Crippen LogP contribution in [0.3, 0.4) is 0 Å². The van der Waals surface area contributed by atoms with Gasteiger partial charge in [0.25, 0.3) is 0 Å². The lowest BCUT2D eigenvalue weighted by Gasteiger charge is -2.20. The van der Waals surface area contributed by atoms with E-state index < -0.39 is 6.10 Å². The van der Waals surface area contributed by atoms with Crippen molar-refractivity contribution in [3.05, 3.63) is 22.8 Å². The number of benzene rings is 1. The van der Waals surface area contributed by atoms with E-state index in [2.05, 4.69) is 5.32 Å². The molecule has 4 nitrogen and oxygen atoms in total. The molecule has 96 valence electrons. The van der Waals surface area contributed by atoms with Crippen LogP contribution in [0.25, 0.3) is 0 Å². The van der Waals surface area contributed by atoms with Gasteiger partial charge in [-0.05, 0) is 38.1 Å². The second kappa shape index (κ2) is 5.89. The molecule has 0 radical (unpaired) electrons. The number of nitrogens with one attached hydrogen (secondary N) is 1. The van der Waals surface area contributed by atoms with Crippen LogP contribution in [0.5, 0.6) is 11.5 Å². The highest BCUT2D eigenvalue weighted by molar-refractivity contribution is 5.54. The fourth-order valence-electron chi connectivity index (χ4n) is 2.16. The zero-order valence-electron chi connectivity index (χ0n) is 11.1. The number of hydrogen-bond acceptors (Lipinski definition) is 4. The number of methoxy groups -OCH3 is 2. The number of hydrogen-bond donors (Lipinski definition) is 2. The van der Waals surface area contributed by atoms with Crippen LogP contribution in [0.15, 0.2) is 6.07 Å². The molecule has 1 unspecified atom stereocenters. The third-order valence-corrected chi connectivity index (χ3v) is 2.90.